The molecule has 0 amide bonds. The summed E-state index contributed by atoms with van der Waals surface area (Å²) in [6.07, 6.45) is 4.16. The summed E-state index contributed by atoms with van der Waals surface area (Å²) < 4.78 is 0. The van der Waals surface area contributed by atoms with Gasteiger partial charge in [-0.2, -0.15) is 5.10 Å². The Bertz CT molecular complexity index is 174. The topological polar surface area (TPSA) is 18.8 Å². The first-order valence-electron chi connectivity index (χ1n) is 3.88. The van der Waals surface area contributed by atoms with Gasteiger partial charge in [-0.25, -0.2) is 0 Å². The van der Waals surface area contributed by atoms with Gasteiger partial charge in [-0.05, 0) is 12.8 Å². The number of hydrazone groups is 1. The molecule has 1 rings (SSSR count). The van der Waals surface area contributed by atoms with Crippen molar-refractivity contribution in [2.75, 3.05) is 20.6 Å². The van der Waals surface area contributed by atoms with Crippen molar-refractivity contribution in [3.05, 3.63) is 12.4 Å². The Hall–Kier alpha value is -0.990. The molecule has 3 heteroatoms. The minimum absolute atomic E-state index is 0.959. The zero-order valence-electron chi connectivity index (χ0n) is 7.25. The standard InChI is InChI=1S/C8H15N3/c1-8-10(2)7-5-4-6-9-11(8)3/h6H,1,4-5,7H2,2-3H3. The second kappa shape index (κ2) is 3.42. The quantitative estimate of drug-likeness (QED) is 0.519. The van der Waals surface area contributed by atoms with E-state index < -0.39 is 0 Å². The molecule has 1 heterocycles. The van der Waals surface area contributed by atoms with E-state index in [0.717, 1.165) is 25.2 Å². The molecule has 0 saturated carbocycles. The third-order valence-corrected chi connectivity index (χ3v) is 1.90. The fourth-order valence-corrected chi connectivity index (χ4v) is 1.04. The molecule has 0 bridgehead atoms. The predicted octanol–water partition coefficient (Wildman–Crippen LogP) is 1.10. The second-order valence-corrected chi connectivity index (χ2v) is 2.80. The summed E-state index contributed by atoms with van der Waals surface area (Å²) in [7, 11) is 3.96. The first-order chi connectivity index (χ1) is 5.22. The Labute approximate surface area is 68.0 Å². The Morgan fingerprint density at radius 2 is 2.27 bits per heavy atom. The van der Waals surface area contributed by atoms with Crippen LogP contribution in [0.15, 0.2) is 17.5 Å². The first kappa shape index (κ1) is 8.11. The van der Waals surface area contributed by atoms with E-state index in [4.69, 9.17) is 0 Å². The molecule has 1 aliphatic rings. The van der Waals surface area contributed by atoms with E-state index in [9.17, 15) is 0 Å². The van der Waals surface area contributed by atoms with Crippen LogP contribution in [0.3, 0.4) is 0 Å². The minimum atomic E-state index is 0.959. The van der Waals surface area contributed by atoms with Crippen molar-refractivity contribution in [2.24, 2.45) is 5.10 Å². The van der Waals surface area contributed by atoms with Gasteiger partial charge in [0.2, 0.25) is 0 Å². The Balaban J connectivity index is 2.64. The van der Waals surface area contributed by atoms with Gasteiger partial charge in [0.15, 0.2) is 0 Å². The zero-order chi connectivity index (χ0) is 8.27. The summed E-state index contributed by atoms with van der Waals surface area (Å²) in [4.78, 5) is 2.12. The fraction of sp³-hybridized carbons (Fsp3) is 0.625. The number of hydrogen-bond donors (Lipinski definition) is 0. The summed E-state index contributed by atoms with van der Waals surface area (Å²) in [5.41, 5.74) is 0. The molecule has 11 heavy (non-hydrogen) atoms. The molecule has 0 atom stereocenters. The lowest BCUT2D eigenvalue weighted by Gasteiger charge is -2.27. The van der Waals surface area contributed by atoms with Crippen molar-refractivity contribution >= 4 is 6.21 Å². The molecule has 0 spiro atoms. The normalized spacial score (nSPS) is 20.0. The van der Waals surface area contributed by atoms with Crippen molar-refractivity contribution in [1.82, 2.24) is 9.91 Å². The lowest BCUT2D eigenvalue weighted by molar-refractivity contribution is 0.271. The SMILES string of the molecule is C=C1N(C)CCCC=NN1C. The summed E-state index contributed by atoms with van der Waals surface area (Å²) in [6.45, 7) is 4.98. The van der Waals surface area contributed by atoms with Gasteiger partial charge in [0, 0.05) is 26.9 Å². The van der Waals surface area contributed by atoms with Crippen molar-refractivity contribution in [3.8, 4) is 0 Å². The molecule has 0 unspecified atom stereocenters. The van der Waals surface area contributed by atoms with Crippen molar-refractivity contribution < 1.29 is 0 Å². The highest BCUT2D eigenvalue weighted by Gasteiger charge is 2.06. The van der Waals surface area contributed by atoms with Crippen LogP contribution < -0.4 is 0 Å². The summed E-state index contributed by atoms with van der Waals surface area (Å²) in [5, 5.41) is 5.99. The highest BCUT2D eigenvalue weighted by atomic mass is 15.5. The van der Waals surface area contributed by atoms with E-state index >= 15 is 0 Å². The summed E-state index contributed by atoms with van der Waals surface area (Å²) in [6, 6.07) is 0. The van der Waals surface area contributed by atoms with Gasteiger partial charge in [0.1, 0.15) is 5.82 Å². The van der Waals surface area contributed by atoms with E-state index in [0.29, 0.717) is 0 Å². The molecule has 3 nitrogen and oxygen atoms in total. The van der Waals surface area contributed by atoms with Crippen LogP contribution in [0, 0.1) is 0 Å². The van der Waals surface area contributed by atoms with Crippen LogP contribution in [0.2, 0.25) is 0 Å². The molecule has 0 aromatic carbocycles. The van der Waals surface area contributed by atoms with E-state index in [1.807, 2.05) is 20.3 Å². The number of nitrogens with zero attached hydrogens (tertiary/aromatic N) is 3. The predicted molar refractivity (Wildman–Crippen MR) is 47.3 cm³/mol. The Kier molecular flexibility index (Phi) is 2.52. The third-order valence-electron chi connectivity index (χ3n) is 1.90. The van der Waals surface area contributed by atoms with Gasteiger partial charge in [0.25, 0.3) is 0 Å². The van der Waals surface area contributed by atoms with Crippen LogP contribution in [0.1, 0.15) is 12.8 Å². The van der Waals surface area contributed by atoms with Crippen molar-refractivity contribution in [3.63, 3.8) is 0 Å². The summed E-state index contributed by atoms with van der Waals surface area (Å²) in [5.74, 6) is 0.959. The smallest absolute Gasteiger partial charge is 0.117 e. The molecular weight excluding hydrogens is 138 g/mol. The van der Waals surface area contributed by atoms with Crippen molar-refractivity contribution in [2.45, 2.75) is 12.8 Å². The zero-order valence-corrected chi connectivity index (χ0v) is 7.25. The molecule has 1 aliphatic heterocycles. The molecule has 0 N–H and O–H groups in total. The third kappa shape index (κ3) is 1.97. The average Bonchev–Trinajstić information content (AvgIpc) is 2.00. The van der Waals surface area contributed by atoms with Crippen molar-refractivity contribution in [1.29, 1.82) is 0 Å². The lowest BCUT2D eigenvalue weighted by Crippen LogP contribution is -2.28. The van der Waals surface area contributed by atoms with E-state index in [-0.39, 0.29) is 0 Å². The minimum Gasteiger partial charge on any atom is -0.360 e. The monoisotopic (exact) mass is 153 g/mol. The summed E-state index contributed by atoms with van der Waals surface area (Å²) >= 11 is 0. The lowest BCUT2D eigenvalue weighted by atomic mass is 10.3. The Morgan fingerprint density at radius 1 is 1.55 bits per heavy atom. The van der Waals surface area contributed by atoms with Crippen LogP contribution in [-0.4, -0.2) is 36.8 Å². The van der Waals surface area contributed by atoms with Crippen LogP contribution >= 0.6 is 0 Å². The average molecular weight is 153 g/mol. The van der Waals surface area contributed by atoms with Gasteiger partial charge < -0.3 is 4.90 Å². The van der Waals surface area contributed by atoms with Crippen LogP contribution in [-0.2, 0) is 0 Å². The van der Waals surface area contributed by atoms with Crippen LogP contribution in [0.25, 0.3) is 0 Å². The van der Waals surface area contributed by atoms with Gasteiger partial charge in [-0.15, -0.1) is 0 Å². The van der Waals surface area contributed by atoms with Gasteiger partial charge >= 0.3 is 0 Å². The number of hydrogen-bond acceptors (Lipinski definition) is 3. The van der Waals surface area contributed by atoms with E-state index in [1.54, 1.807) is 5.01 Å². The first-order valence-corrected chi connectivity index (χ1v) is 3.88. The van der Waals surface area contributed by atoms with Crippen LogP contribution in [0.4, 0.5) is 0 Å². The van der Waals surface area contributed by atoms with Gasteiger partial charge in [0.05, 0.1) is 0 Å². The maximum Gasteiger partial charge on any atom is 0.117 e. The van der Waals surface area contributed by atoms with E-state index in [2.05, 4.69) is 16.6 Å². The maximum absolute atomic E-state index is 4.18. The highest BCUT2D eigenvalue weighted by molar-refractivity contribution is 5.56. The molecule has 62 valence electrons. The largest absolute Gasteiger partial charge is 0.360 e. The van der Waals surface area contributed by atoms with Gasteiger partial charge in [-0.1, -0.05) is 6.58 Å². The molecule has 0 aromatic rings. The number of rotatable bonds is 0. The molecule has 0 aromatic heterocycles. The van der Waals surface area contributed by atoms with Gasteiger partial charge in [-0.3, -0.25) is 5.01 Å². The maximum atomic E-state index is 4.18. The van der Waals surface area contributed by atoms with Crippen LogP contribution in [0.5, 0.6) is 0 Å². The second-order valence-electron chi connectivity index (χ2n) is 2.80. The Morgan fingerprint density at radius 3 is 3.00 bits per heavy atom. The molecule has 0 saturated heterocycles. The van der Waals surface area contributed by atoms with E-state index in [1.165, 1.54) is 0 Å². The highest BCUT2D eigenvalue weighted by Crippen LogP contribution is 2.07. The molecular formula is C8H15N3. The fourth-order valence-electron chi connectivity index (χ4n) is 1.04. The molecule has 0 radical (unpaired) electrons. The molecule has 0 fully saturated rings. The molecule has 0 aliphatic carbocycles.